The van der Waals surface area contributed by atoms with Crippen LogP contribution in [0.1, 0.15) is 94.4 Å². The molecule has 0 radical (unpaired) electrons. The lowest BCUT2D eigenvalue weighted by atomic mass is 9.87. The molecule has 5 unspecified atom stereocenters. The molecule has 6 atom stereocenters. The van der Waals surface area contributed by atoms with Crippen molar-refractivity contribution in [2.45, 2.75) is 115 Å². The van der Waals surface area contributed by atoms with Gasteiger partial charge in [-0.05, 0) is 99.8 Å². The molecule has 41 heavy (non-hydrogen) atoms. The zero-order valence-corrected chi connectivity index (χ0v) is 26.6. The molecular formula is C32H54N4O4S. The van der Waals surface area contributed by atoms with Crippen molar-refractivity contribution in [2.24, 2.45) is 17.8 Å². The normalized spacial score (nSPS) is 34.0. The van der Waals surface area contributed by atoms with Gasteiger partial charge in [0.05, 0.1) is 11.9 Å². The molecule has 0 amide bonds. The Hall–Kier alpha value is -1.07. The number of ether oxygens (including phenoxy) is 2. The molecule has 3 N–H and O–H groups in total. The van der Waals surface area contributed by atoms with Crippen LogP contribution in [-0.4, -0.2) is 70.0 Å². The van der Waals surface area contributed by atoms with Crippen molar-refractivity contribution in [3.05, 3.63) is 34.9 Å². The van der Waals surface area contributed by atoms with Crippen molar-refractivity contribution < 1.29 is 17.9 Å². The molecule has 8 nitrogen and oxygen atoms in total. The van der Waals surface area contributed by atoms with Crippen molar-refractivity contribution in [1.82, 2.24) is 20.3 Å². The van der Waals surface area contributed by atoms with Crippen molar-refractivity contribution in [3.8, 4) is 0 Å². The van der Waals surface area contributed by atoms with Crippen LogP contribution in [0.3, 0.4) is 0 Å². The first-order valence-corrected chi connectivity index (χ1v) is 17.7. The molecular weight excluding hydrogens is 536 g/mol. The predicted molar refractivity (Wildman–Crippen MR) is 164 cm³/mol. The third kappa shape index (κ3) is 8.31. The summed E-state index contributed by atoms with van der Waals surface area (Å²) in [7, 11) is -3.51. The molecule has 3 aliphatic heterocycles. The molecule has 1 saturated carbocycles. The molecule has 0 spiro atoms. The molecule has 1 aliphatic carbocycles. The molecule has 0 aromatic heterocycles. The number of rotatable bonds is 6. The fourth-order valence-corrected chi connectivity index (χ4v) is 9.39. The summed E-state index contributed by atoms with van der Waals surface area (Å²) in [6, 6.07) is 6.67. The lowest BCUT2D eigenvalue weighted by molar-refractivity contribution is -0.0483. The molecule has 1 aromatic rings. The van der Waals surface area contributed by atoms with Crippen molar-refractivity contribution in [1.29, 1.82) is 0 Å². The summed E-state index contributed by atoms with van der Waals surface area (Å²) in [6.45, 7) is 13.3. The first kappa shape index (κ1) is 31.4. The Morgan fingerprint density at radius 3 is 2.51 bits per heavy atom. The zero-order chi connectivity index (χ0) is 29.0. The fourth-order valence-electron chi connectivity index (χ4n) is 7.73. The number of nitrogens with one attached hydrogen (secondary N) is 3. The van der Waals surface area contributed by atoms with Crippen LogP contribution >= 0.6 is 0 Å². The minimum Gasteiger partial charge on any atom is -0.381 e. The number of hydrogen-bond donors (Lipinski definition) is 3. The molecule has 9 heteroatoms. The van der Waals surface area contributed by atoms with Crippen LogP contribution in [-0.2, 0) is 19.5 Å². The highest BCUT2D eigenvalue weighted by Crippen LogP contribution is 2.33. The Morgan fingerprint density at radius 1 is 1.02 bits per heavy atom. The van der Waals surface area contributed by atoms with Gasteiger partial charge in [-0.25, -0.2) is 8.42 Å². The van der Waals surface area contributed by atoms with Crippen LogP contribution in [0.15, 0.2) is 18.2 Å². The van der Waals surface area contributed by atoms with Gasteiger partial charge in [-0.1, -0.05) is 38.5 Å². The van der Waals surface area contributed by atoms with Crippen molar-refractivity contribution in [3.63, 3.8) is 0 Å². The monoisotopic (exact) mass is 590 g/mol. The molecule has 232 valence electrons. The summed E-state index contributed by atoms with van der Waals surface area (Å²) in [6.07, 6.45) is 8.00. The lowest BCUT2D eigenvalue weighted by Gasteiger charge is -2.40. The van der Waals surface area contributed by atoms with E-state index in [1.165, 1.54) is 23.1 Å². The summed E-state index contributed by atoms with van der Waals surface area (Å²) < 4.78 is 42.9. The number of fused-ring (bicyclic) bond motifs is 4. The van der Waals surface area contributed by atoms with E-state index in [0.29, 0.717) is 30.4 Å². The third-order valence-electron chi connectivity index (χ3n) is 9.92. The second-order valence-electron chi connectivity index (χ2n) is 13.6. The summed E-state index contributed by atoms with van der Waals surface area (Å²) in [5, 5.41) is 6.71. The lowest BCUT2D eigenvalue weighted by Crippen LogP contribution is -2.64. The second-order valence-corrected chi connectivity index (χ2v) is 15.6. The minimum atomic E-state index is -3.51. The SMILES string of the molecule is Cc1cccc(C)c1C1CC2NC(N1)NS(=O)(=O)C1CCCC(C1)CN(CCC1CCOCC1)[C@H](CC(C)C)CO2. The fraction of sp³-hybridized carbons (Fsp3) is 0.812. The summed E-state index contributed by atoms with van der Waals surface area (Å²) in [5.74, 6) is 1.66. The van der Waals surface area contributed by atoms with Gasteiger partial charge in [0.15, 0.2) is 0 Å². The Morgan fingerprint density at radius 2 is 1.78 bits per heavy atom. The van der Waals surface area contributed by atoms with Crippen molar-refractivity contribution in [2.75, 3.05) is 32.9 Å². The Labute approximate surface area is 248 Å². The van der Waals surface area contributed by atoms with Crippen LogP contribution in [0.2, 0.25) is 0 Å². The highest BCUT2D eigenvalue weighted by atomic mass is 32.2. The van der Waals surface area contributed by atoms with Gasteiger partial charge in [0.2, 0.25) is 10.0 Å². The average Bonchev–Trinajstić information content (AvgIpc) is 2.93. The van der Waals surface area contributed by atoms with Gasteiger partial charge >= 0.3 is 0 Å². The standard InChI is InChI=1S/C32H54N4O4S/c1-22(2)17-27-21-40-30-19-29(31-23(3)7-5-8-24(31)4)33-32(34-30)35-41(37,38)28-10-6-9-26(18-28)20-36(27)14-11-25-12-15-39-16-13-25/h5,7-8,22,25-30,32-35H,6,9-21H2,1-4H3/t26?,27-,28?,29?,30?,32?/m1/s1. The Balaban J connectivity index is 1.42. The zero-order valence-electron chi connectivity index (χ0n) is 25.7. The minimum absolute atomic E-state index is 0.00689. The van der Waals surface area contributed by atoms with Crippen LogP contribution in [0, 0.1) is 31.6 Å². The van der Waals surface area contributed by atoms with Gasteiger partial charge in [0.1, 0.15) is 12.5 Å². The quantitative estimate of drug-likeness (QED) is 0.447. The van der Waals surface area contributed by atoms with E-state index in [0.717, 1.165) is 77.7 Å². The first-order chi connectivity index (χ1) is 19.7. The van der Waals surface area contributed by atoms with E-state index in [-0.39, 0.29) is 17.5 Å². The van der Waals surface area contributed by atoms with E-state index in [2.05, 4.69) is 66.1 Å². The highest BCUT2D eigenvalue weighted by molar-refractivity contribution is 7.90. The average molecular weight is 591 g/mol. The van der Waals surface area contributed by atoms with Crippen LogP contribution in [0.5, 0.6) is 0 Å². The summed E-state index contributed by atoms with van der Waals surface area (Å²) >= 11 is 0. The van der Waals surface area contributed by atoms with Gasteiger partial charge in [-0.15, -0.1) is 0 Å². The van der Waals surface area contributed by atoms with Crippen LogP contribution in [0.25, 0.3) is 0 Å². The smallest absolute Gasteiger partial charge is 0.216 e. The summed E-state index contributed by atoms with van der Waals surface area (Å²) in [4.78, 5) is 2.68. The maximum atomic E-state index is 13.8. The predicted octanol–water partition coefficient (Wildman–Crippen LogP) is 4.58. The molecule has 3 saturated heterocycles. The van der Waals surface area contributed by atoms with E-state index in [4.69, 9.17) is 9.47 Å². The molecule has 3 heterocycles. The number of hydrogen-bond acceptors (Lipinski definition) is 7. The number of aryl methyl sites for hydroxylation is 2. The van der Waals surface area contributed by atoms with Crippen LogP contribution < -0.4 is 15.4 Å². The van der Waals surface area contributed by atoms with E-state index in [1.54, 1.807) is 0 Å². The topological polar surface area (TPSA) is 91.9 Å². The Kier molecular flexibility index (Phi) is 10.8. The largest absolute Gasteiger partial charge is 0.381 e. The highest BCUT2D eigenvalue weighted by Gasteiger charge is 2.39. The van der Waals surface area contributed by atoms with Gasteiger partial charge < -0.3 is 9.47 Å². The molecule has 4 bridgehead atoms. The van der Waals surface area contributed by atoms with Gasteiger partial charge in [-0.2, -0.15) is 4.72 Å². The van der Waals surface area contributed by atoms with E-state index in [9.17, 15) is 8.42 Å². The molecule has 5 rings (SSSR count). The number of nitrogens with zero attached hydrogens (tertiary/aromatic N) is 1. The third-order valence-corrected chi connectivity index (χ3v) is 11.8. The van der Waals surface area contributed by atoms with E-state index >= 15 is 0 Å². The van der Waals surface area contributed by atoms with Crippen molar-refractivity contribution >= 4 is 10.0 Å². The molecule has 4 fully saturated rings. The second kappa shape index (κ2) is 14.1. The maximum Gasteiger partial charge on any atom is 0.216 e. The first-order valence-electron chi connectivity index (χ1n) is 16.2. The molecule has 4 aliphatic rings. The molecule has 1 aromatic carbocycles. The number of sulfonamides is 1. The number of benzene rings is 1. The van der Waals surface area contributed by atoms with Crippen LogP contribution in [0.4, 0.5) is 0 Å². The van der Waals surface area contributed by atoms with Gasteiger partial charge in [-0.3, -0.25) is 15.5 Å². The maximum absolute atomic E-state index is 13.8. The Bertz CT molecular complexity index is 1070. The van der Waals surface area contributed by atoms with Gasteiger partial charge in [0.25, 0.3) is 0 Å². The van der Waals surface area contributed by atoms with E-state index < -0.39 is 16.3 Å². The van der Waals surface area contributed by atoms with Gasteiger partial charge in [0, 0.05) is 38.3 Å². The van der Waals surface area contributed by atoms with E-state index in [1.807, 2.05) is 0 Å². The summed E-state index contributed by atoms with van der Waals surface area (Å²) in [5.41, 5.74) is 3.68.